The summed E-state index contributed by atoms with van der Waals surface area (Å²) < 4.78 is 5.29. The van der Waals surface area contributed by atoms with Crippen LogP contribution in [0.4, 0.5) is 0 Å². The van der Waals surface area contributed by atoms with Gasteiger partial charge in [-0.1, -0.05) is 0 Å². The van der Waals surface area contributed by atoms with E-state index in [1.807, 2.05) is 0 Å². The molecule has 2 rings (SSSR count). The van der Waals surface area contributed by atoms with Crippen molar-refractivity contribution in [1.29, 1.82) is 0 Å². The first-order valence-electron chi connectivity index (χ1n) is 5.01. The van der Waals surface area contributed by atoms with Crippen LogP contribution in [0.5, 0.6) is 0 Å². The van der Waals surface area contributed by atoms with Crippen molar-refractivity contribution in [2.45, 2.75) is 26.4 Å². The van der Waals surface area contributed by atoms with Gasteiger partial charge < -0.3 is 9.84 Å². The number of aliphatic hydroxyl groups is 1. The van der Waals surface area contributed by atoms with Gasteiger partial charge in [0.05, 0.1) is 12.7 Å². The lowest BCUT2D eigenvalue weighted by molar-refractivity contribution is 0.0917. The van der Waals surface area contributed by atoms with Crippen LogP contribution in [0.2, 0.25) is 0 Å². The molecule has 0 aliphatic carbocycles. The summed E-state index contributed by atoms with van der Waals surface area (Å²) in [6.07, 6.45) is 0.651. The zero-order valence-electron chi connectivity index (χ0n) is 8.62. The van der Waals surface area contributed by atoms with Crippen molar-refractivity contribution in [3.05, 3.63) is 21.4 Å². The van der Waals surface area contributed by atoms with Crippen LogP contribution in [-0.2, 0) is 4.74 Å². The highest BCUT2D eigenvalue weighted by Crippen LogP contribution is 2.33. The van der Waals surface area contributed by atoms with Crippen LogP contribution in [0.15, 0.2) is 6.07 Å². The first-order valence-corrected chi connectivity index (χ1v) is 5.83. The van der Waals surface area contributed by atoms with Crippen LogP contribution in [0.25, 0.3) is 0 Å². The van der Waals surface area contributed by atoms with E-state index in [4.69, 9.17) is 4.74 Å². The molecular formula is C11H16O2S. The molecule has 1 aliphatic heterocycles. The normalized spacial score (nSPS) is 24.1. The van der Waals surface area contributed by atoms with Gasteiger partial charge in [-0.15, -0.1) is 11.3 Å². The third-order valence-corrected chi connectivity index (χ3v) is 3.79. The van der Waals surface area contributed by atoms with Crippen molar-refractivity contribution in [3.63, 3.8) is 0 Å². The maximum atomic E-state index is 10.1. The summed E-state index contributed by atoms with van der Waals surface area (Å²) in [6.45, 7) is 5.66. The Bertz CT molecular complexity index is 313. The Morgan fingerprint density at radius 3 is 2.86 bits per heavy atom. The van der Waals surface area contributed by atoms with E-state index in [9.17, 15) is 5.11 Å². The monoisotopic (exact) mass is 212 g/mol. The van der Waals surface area contributed by atoms with E-state index in [1.165, 1.54) is 9.75 Å². The molecule has 1 N–H and O–H groups in total. The summed E-state index contributed by atoms with van der Waals surface area (Å²) in [6, 6.07) is 2.10. The van der Waals surface area contributed by atoms with Gasteiger partial charge in [-0.3, -0.25) is 0 Å². The largest absolute Gasteiger partial charge is 0.388 e. The van der Waals surface area contributed by atoms with Crippen LogP contribution in [0, 0.1) is 19.8 Å². The van der Waals surface area contributed by atoms with Crippen LogP contribution >= 0.6 is 11.3 Å². The Hall–Kier alpha value is -0.380. The lowest BCUT2D eigenvalue weighted by Crippen LogP contribution is -2.12. The van der Waals surface area contributed by atoms with E-state index in [-0.39, 0.29) is 6.10 Å². The summed E-state index contributed by atoms with van der Waals surface area (Å²) in [4.78, 5) is 2.51. The second-order valence-corrected chi connectivity index (χ2v) is 5.40. The molecule has 0 radical (unpaired) electrons. The zero-order chi connectivity index (χ0) is 10.1. The van der Waals surface area contributed by atoms with E-state index < -0.39 is 0 Å². The van der Waals surface area contributed by atoms with Gasteiger partial charge >= 0.3 is 0 Å². The molecule has 1 aromatic heterocycles. The summed E-state index contributed by atoms with van der Waals surface area (Å²) >= 11 is 1.76. The smallest absolute Gasteiger partial charge is 0.0851 e. The quantitative estimate of drug-likeness (QED) is 0.816. The van der Waals surface area contributed by atoms with Crippen molar-refractivity contribution in [3.8, 4) is 0 Å². The standard InChI is InChI=1S/C11H16O2S/c1-7-5-10(8(2)14-7)11(12)9-3-4-13-6-9/h5,9,11-12H,3-4,6H2,1-2H3. The highest BCUT2D eigenvalue weighted by molar-refractivity contribution is 7.12. The number of ether oxygens (including phenoxy) is 1. The summed E-state index contributed by atoms with van der Waals surface area (Å²) in [5, 5.41) is 10.1. The van der Waals surface area contributed by atoms with Crippen molar-refractivity contribution in [1.82, 2.24) is 0 Å². The summed E-state index contributed by atoms with van der Waals surface area (Å²) in [5.74, 6) is 0.294. The molecule has 0 bridgehead atoms. The first kappa shape index (κ1) is 10.1. The van der Waals surface area contributed by atoms with Crippen molar-refractivity contribution >= 4 is 11.3 Å². The Morgan fingerprint density at radius 1 is 1.57 bits per heavy atom. The number of thiophene rings is 1. The van der Waals surface area contributed by atoms with E-state index in [2.05, 4.69) is 19.9 Å². The topological polar surface area (TPSA) is 29.5 Å². The Labute approximate surface area is 88.5 Å². The number of aryl methyl sites for hydroxylation is 2. The van der Waals surface area contributed by atoms with Crippen LogP contribution in [0.1, 0.15) is 27.8 Å². The molecule has 2 heterocycles. The Morgan fingerprint density at radius 2 is 2.36 bits per heavy atom. The lowest BCUT2D eigenvalue weighted by atomic mass is 9.95. The van der Waals surface area contributed by atoms with E-state index in [0.29, 0.717) is 12.5 Å². The lowest BCUT2D eigenvalue weighted by Gasteiger charge is -2.16. The van der Waals surface area contributed by atoms with Gasteiger partial charge in [-0.25, -0.2) is 0 Å². The molecule has 78 valence electrons. The van der Waals surface area contributed by atoms with Crippen molar-refractivity contribution < 1.29 is 9.84 Å². The summed E-state index contributed by atoms with van der Waals surface area (Å²) in [5.41, 5.74) is 1.10. The van der Waals surface area contributed by atoms with E-state index >= 15 is 0 Å². The van der Waals surface area contributed by atoms with Crippen LogP contribution in [0.3, 0.4) is 0 Å². The fourth-order valence-corrected chi connectivity index (χ4v) is 2.97. The zero-order valence-corrected chi connectivity index (χ0v) is 9.43. The van der Waals surface area contributed by atoms with Gasteiger partial charge in [0.1, 0.15) is 0 Å². The van der Waals surface area contributed by atoms with E-state index in [1.54, 1.807) is 11.3 Å². The molecular weight excluding hydrogens is 196 g/mol. The molecule has 14 heavy (non-hydrogen) atoms. The van der Waals surface area contributed by atoms with Crippen molar-refractivity contribution in [2.75, 3.05) is 13.2 Å². The first-order chi connectivity index (χ1) is 6.68. The average molecular weight is 212 g/mol. The molecule has 1 aromatic rings. The minimum atomic E-state index is -0.331. The van der Waals surface area contributed by atoms with Gasteiger partial charge in [0.15, 0.2) is 0 Å². The highest BCUT2D eigenvalue weighted by Gasteiger charge is 2.26. The molecule has 0 spiro atoms. The fraction of sp³-hybridized carbons (Fsp3) is 0.636. The molecule has 0 saturated carbocycles. The van der Waals surface area contributed by atoms with Gasteiger partial charge in [0.2, 0.25) is 0 Å². The Kier molecular flexibility index (Phi) is 2.91. The highest BCUT2D eigenvalue weighted by atomic mass is 32.1. The number of aliphatic hydroxyl groups excluding tert-OH is 1. The second-order valence-electron chi connectivity index (χ2n) is 3.94. The second kappa shape index (κ2) is 4.01. The summed E-state index contributed by atoms with van der Waals surface area (Å²) in [7, 11) is 0. The molecule has 3 heteroatoms. The predicted octanol–water partition coefficient (Wildman–Crippen LogP) is 2.43. The molecule has 1 aliphatic rings. The van der Waals surface area contributed by atoms with Gasteiger partial charge in [0.25, 0.3) is 0 Å². The predicted molar refractivity (Wildman–Crippen MR) is 57.7 cm³/mol. The molecule has 2 unspecified atom stereocenters. The number of rotatable bonds is 2. The van der Waals surface area contributed by atoms with Gasteiger partial charge in [-0.05, 0) is 31.9 Å². The maximum absolute atomic E-state index is 10.1. The molecule has 0 aromatic carbocycles. The van der Waals surface area contributed by atoms with Crippen LogP contribution < -0.4 is 0 Å². The molecule has 2 atom stereocenters. The SMILES string of the molecule is Cc1cc(C(O)C2CCOC2)c(C)s1. The fourth-order valence-electron chi connectivity index (χ4n) is 2.00. The molecule has 2 nitrogen and oxygen atoms in total. The molecule has 0 amide bonds. The van der Waals surface area contributed by atoms with Crippen LogP contribution in [-0.4, -0.2) is 18.3 Å². The molecule has 1 fully saturated rings. The maximum Gasteiger partial charge on any atom is 0.0851 e. The van der Waals surface area contributed by atoms with Gasteiger partial charge in [-0.2, -0.15) is 0 Å². The van der Waals surface area contributed by atoms with E-state index in [0.717, 1.165) is 18.6 Å². The van der Waals surface area contributed by atoms with Crippen molar-refractivity contribution in [2.24, 2.45) is 5.92 Å². The minimum absolute atomic E-state index is 0.294. The number of hydrogen-bond donors (Lipinski definition) is 1. The minimum Gasteiger partial charge on any atom is -0.388 e. The molecule has 1 saturated heterocycles. The van der Waals surface area contributed by atoms with Gasteiger partial charge in [0, 0.05) is 22.3 Å². The third-order valence-electron chi connectivity index (χ3n) is 2.81. The average Bonchev–Trinajstić information content (AvgIpc) is 2.73. The Balaban J connectivity index is 2.17. The third kappa shape index (κ3) is 1.85. The number of hydrogen-bond acceptors (Lipinski definition) is 3.